The van der Waals surface area contributed by atoms with E-state index in [2.05, 4.69) is 35.8 Å². The summed E-state index contributed by atoms with van der Waals surface area (Å²) in [6, 6.07) is 14.7. The van der Waals surface area contributed by atoms with E-state index in [0.29, 0.717) is 28.7 Å². The van der Waals surface area contributed by atoms with Crippen molar-refractivity contribution < 1.29 is 9.90 Å². The molecule has 10 nitrogen and oxygen atoms in total. The van der Waals surface area contributed by atoms with Gasteiger partial charge in [-0.3, -0.25) is 9.89 Å². The number of hydrogen-bond acceptors (Lipinski definition) is 8. The maximum absolute atomic E-state index is 12.3. The lowest BCUT2D eigenvalue weighted by Crippen LogP contribution is -2.22. The zero-order valence-corrected chi connectivity index (χ0v) is 19.1. The smallest absolute Gasteiger partial charge is 0.253 e. The predicted octanol–water partition coefficient (Wildman–Crippen LogP) is 3.16. The number of nitrogens with one attached hydrogen (secondary N) is 3. The number of aliphatic hydroxyl groups excluding tert-OH is 1. The fourth-order valence-corrected chi connectivity index (χ4v) is 3.50. The van der Waals surface area contributed by atoms with Crippen LogP contribution in [0.1, 0.15) is 27.5 Å². The molecule has 34 heavy (non-hydrogen) atoms. The molecule has 4 aromatic rings. The van der Waals surface area contributed by atoms with Gasteiger partial charge in [-0.2, -0.15) is 10.1 Å². The maximum Gasteiger partial charge on any atom is 0.253 e. The van der Waals surface area contributed by atoms with Gasteiger partial charge in [0.15, 0.2) is 5.82 Å². The Morgan fingerprint density at radius 3 is 2.59 bits per heavy atom. The Hall–Kier alpha value is -4.31. The van der Waals surface area contributed by atoms with Crippen molar-refractivity contribution in [3.8, 4) is 11.4 Å². The van der Waals surface area contributed by atoms with E-state index in [1.807, 2.05) is 49.4 Å². The molecular weight excluding hydrogens is 432 g/mol. The summed E-state index contributed by atoms with van der Waals surface area (Å²) < 4.78 is 0. The molecule has 0 spiro atoms. The third kappa shape index (κ3) is 5.02. The third-order valence-corrected chi connectivity index (χ3v) is 5.27. The highest BCUT2D eigenvalue weighted by Crippen LogP contribution is 2.28. The molecule has 10 heteroatoms. The number of carbonyl (C=O) groups excluding carboxylic acids is 1. The van der Waals surface area contributed by atoms with Gasteiger partial charge >= 0.3 is 0 Å². The highest BCUT2D eigenvalue weighted by atomic mass is 16.3. The number of rotatable bonds is 8. The summed E-state index contributed by atoms with van der Waals surface area (Å²) in [5, 5.41) is 23.2. The number of H-pyrrole nitrogens is 1. The highest BCUT2D eigenvalue weighted by molar-refractivity contribution is 5.95. The van der Waals surface area contributed by atoms with Gasteiger partial charge in [-0.1, -0.05) is 30.3 Å². The first-order chi connectivity index (χ1) is 16.5. The summed E-state index contributed by atoms with van der Waals surface area (Å²) in [6.45, 7) is 1.75. The zero-order valence-electron chi connectivity index (χ0n) is 19.1. The van der Waals surface area contributed by atoms with Crippen LogP contribution in [0.15, 0.2) is 61.1 Å². The van der Waals surface area contributed by atoms with E-state index >= 15 is 0 Å². The first-order valence-electron chi connectivity index (χ1n) is 10.7. The van der Waals surface area contributed by atoms with Gasteiger partial charge in [-0.05, 0) is 36.2 Å². The molecule has 0 fully saturated rings. The van der Waals surface area contributed by atoms with Crippen LogP contribution < -0.4 is 10.6 Å². The first kappa shape index (κ1) is 22.9. The monoisotopic (exact) mass is 458 g/mol. The predicted molar refractivity (Wildman–Crippen MR) is 130 cm³/mol. The van der Waals surface area contributed by atoms with Gasteiger partial charge in [0.25, 0.3) is 5.91 Å². The second-order valence-corrected chi connectivity index (χ2v) is 7.93. The highest BCUT2D eigenvalue weighted by Gasteiger charge is 2.18. The van der Waals surface area contributed by atoms with E-state index in [0.717, 1.165) is 16.8 Å². The number of anilines is 3. The number of aryl methyl sites for hydroxylation is 1. The Kier molecular flexibility index (Phi) is 6.79. The molecule has 0 aliphatic heterocycles. The van der Waals surface area contributed by atoms with Crippen LogP contribution in [0.25, 0.3) is 11.4 Å². The number of carbonyl (C=O) groups is 1. The molecule has 4 rings (SSSR count). The lowest BCUT2D eigenvalue weighted by molar-refractivity contribution is 0.0827. The molecule has 1 atom stereocenters. The Morgan fingerprint density at radius 1 is 1.15 bits per heavy atom. The van der Waals surface area contributed by atoms with Crippen molar-refractivity contribution in [3.63, 3.8) is 0 Å². The number of nitrogens with zero attached hydrogens (tertiary/aromatic N) is 5. The first-order valence-corrected chi connectivity index (χ1v) is 10.7. The minimum Gasteiger partial charge on any atom is -0.394 e. The van der Waals surface area contributed by atoms with Gasteiger partial charge in [0.05, 0.1) is 18.2 Å². The van der Waals surface area contributed by atoms with Gasteiger partial charge in [0.2, 0.25) is 5.95 Å². The molecule has 174 valence electrons. The van der Waals surface area contributed by atoms with Gasteiger partial charge in [0, 0.05) is 31.5 Å². The third-order valence-electron chi connectivity index (χ3n) is 5.27. The molecule has 2 heterocycles. The summed E-state index contributed by atoms with van der Waals surface area (Å²) in [5.74, 6) is 1.27. The van der Waals surface area contributed by atoms with Crippen molar-refractivity contribution in [2.45, 2.75) is 13.0 Å². The number of aromatic nitrogens is 5. The fraction of sp³-hybridized carbons (Fsp3) is 0.208. The summed E-state index contributed by atoms with van der Waals surface area (Å²) in [5.41, 5.74) is 3.74. The Balaban J connectivity index is 1.65. The van der Waals surface area contributed by atoms with Gasteiger partial charge < -0.3 is 20.6 Å². The molecule has 0 aliphatic rings. The van der Waals surface area contributed by atoms with Crippen molar-refractivity contribution in [2.75, 3.05) is 31.3 Å². The molecule has 0 bridgehead atoms. The second-order valence-electron chi connectivity index (χ2n) is 7.93. The molecular formula is C24H26N8O2. The minimum atomic E-state index is -0.385. The minimum absolute atomic E-state index is 0.0563. The van der Waals surface area contributed by atoms with Crippen LogP contribution in [0.5, 0.6) is 0 Å². The zero-order chi connectivity index (χ0) is 24.1. The van der Waals surface area contributed by atoms with Crippen molar-refractivity contribution >= 4 is 23.4 Å². The molecule has 0 saturated heterocycles. The summed E-state index contributed by atoms with van der Waals surface area (Å²) in [4.78, 5) is 27.1. The standard InChI is InChI=1S/C24H26N8O2/c1-15-11-17(9-10-18(15)23(34)32(2)3)28-24-25-12-19(21-26-14-27-31-21)22(30-24)29-20(13-33)16-7-5-4-6-8-16/h4-12,14,20,33H,13H2,1-3H3,(H,26,27,31)(H2,25,28,29,30)/t20-/m1/s1. The normalized spacial score (nSPS) is 11.6. The van der Waals surface area contributed by atoms with Crippen LogP contribution in [0.2, 0.25) is 0 Å². The Labute approximate surface area is 197 Å². The van der Waals surface area contributed by atoms with E-state index in [1.54, 1.807) is 31.3 Å². The van der Waals surface area contributed by atoms with E-state index in [-0.39, 0.29) is 18.6 Å². The molecule has 4 N–H and O–H groups in total. The van der Waals surface area contributed by atoms with E-state index in [4.69, 9.17) is 0 Å². The molecule has 0 radical (unpaired) electrons. The molecule has 0 unspecified atom stereocenters. The number of benzene rings is 2. The van der Waals surface area contributed by atoms with Crippen molar-refractivity contribution in [2.24, 2.45) is 0 Å². The number of aromatic amines is 1. The topological polar surface area (TPSA) is 132 Å². The summed E-state index contributed by atoms with van der Waals surface area (Å²) in [6.07, 6.45) is 3.04. The molecule has 2 aromatic heterocycles. The maximum atomic E-state index is 12.3. The van der Waals surface area contributed by atoms with Crippen molar-refractivity contribution in [1.29, 1.82) is 0 Å². The molecule has 0 aliphatic carbocycles. The average Bonchev–Trinajstić information content (AvgIpc) is 3.37. The van der Waals surface area contributed by atoms with Crippen molar-refractivity contribution in [1.82, 2.24) is 30.0 Å². The van der Waals surface area contributed by atoms with E-state index < -0.39 is 0 Å². The van der Waals surface area contributed by atoms with Crippen LogP contribution >= 0.6 is 0 Å². The van der Waals surface area contributed by atoms with Crippen LogP contribution in [0, 0.1) is 6.92 Å². The fourth-order valence-electron chi connectivity index (χ4n) is 3.50. The summed E-state index contributed by atoms with van der Waals surface area (Å²) in [7, 11) is 3.45. The number of aliphatic hydroxyl groups is 1. The van der Waals surface area contributed by atoms with Gasteiger partial charge in [-0.25, -0.2) is 9.97 Å². The van der Waals surface area contributed by atoms with E-state index in [9.17, 15) is 9.90 Å². The van der Waals surface area contributed by atoms with Gasteiger partial charge in [0.1, 0.15) is 12.1 Å². The number of hydrogen-bond donors (Lipinski definition) is 4. The van der Waals surface area contributed by atoms with Crippen molar-refractivity contribution in [3.05, 3.63) is 77.7 Å². The second kappa shape index (κ2) is 10.1. The Morgan fingerprint density at radius 2 is 1.94 bits per heavy atom. The lowest BCUT2D eigenvalue weighted by Gasteiger charge is -2.19. The average molecular weight is 459 g/mol. The van der Waals surface area contributed by atoms with Crippen LogP contribution in [0.3, 0.4) is 0 Å². The largest absolute Gasteiger partial charge is 0.394 e. The molecule has 1 amide bonds. The molecule has 2 aromatic carbocycles. The SMILES string of the molecule is Cc1cc(Nc2ncc(-c3ncn[nH]3)c(N[C@H](CO)c3ccccc3)n2)ccc1C(=O)N(C)C. The number of amides is 1. The van der Waals surface area contributed by atoms with Gasteiger partial charge in [-0.15, -0.1) is 0 Å². The van der Waals surface area contributed by atoms with Crippen LogP contribution in [-0.4, -0.2) is 61.8 Å². The molecule has 0 saturated carbocycles. The van der Waals surface area contributed by atoms with Crippen LogP contribution in [-0.2, 0) is 0 Å². The summed E-state index contributed by atoms with van der Waals surface area (Å²) >= 11 is 0. The van der Waals surface area contributed by atoms with E-state index in [1.165, 1.54) is 6.33 Å². The Bertz CT molecular complexity index is 1260. The van der Waals surface area contributed by atoms with Crippen LogP contribution in [0.4, 0.5) is 17.5 Å². The quantitative estimate of drug-likeness (QED) is 0.317. The lowest BCUT2D eigenvalue weighted by atomic mass is 10.1.